The molecule has 1 aromatic carbocycles. The van der Waals surface area contributed by atoms with Gasteiger partial charge in [0, 0.05) is 22.7 Å². The van der Waals surface area contributed by atoms with Crippen molar-refractivity contribution in [3.05, 3.63) is 38.9 Å². The summed E-state index contributed by atoms with van der Waals surface area (Å²) in [5.74, 6) is 0. The molecule has 2 N–H and O–H groups in total. The molecular formula is C11H16Cl2N2O2. The van der Waals surface area contributed by atoms with Crippen molar-refractivity contribution in [3.8, 4) is 0 Å². The van der Waals surface area contributed by atoms with Crippen LogP contribution in [-0.4, -0.2) is 4.92 Å². The van der Waals surface area contributed by atoms with Gasteiger partial charge in [-0.15, -0.1) is 12.4 Å². The summed E-state index contributed by atoms with van der Waals surface area (Å²) in [4.78, 5) is 10.4. The lowest BCUT2D eigenvalue weighted by Crippen LogP contribution is -2.27. The van der Waals surface area contributed by atoms with E-state index in [2.05, 4.69) is 0 Å². The molecule has 4 nitrogen and oxygen atoms in total. The van der Waals surface area contributed by atoms with E-state index in [1.165, 1.54) is 12.1 Å². The molecule has 0 unspecified atom stereocenters. The van der Waals surface area contributed by atoms with Crippen molar-refractivity contribution < 1.29 is 4.92 Å². The lowest BCUT2D eigenvalue weighted by atomic mass is 9.82. The molecule has 1 rings (SSSR count). The first kappa shape index (κ1) is 16.2. The van der Waals surface area contributed by atoms with Gasteiger partial charge in [0.05, 0.1) is 4.92 Å². The van der Waals surface area contributed by atoms with Gasteiger partial charge in [-0.05, 0) is 17.5 Å². The zero-order valence-corrected chi connectivity index (χ0v) is 11.5. The van der Waals surface area contributed by atoms with Crippen molar-refractivity contribution in [1.82, 2.24) is 0 Å². The number of nitrogens with zero attached hydrogens (tertiary/aromatic N) is 1. The number of nitro groups is 1. The molecule has 6 heteroatoms. The molecule has 0 saturated carbocycles. The molecule has 0 amide bonds. The minimum atomic E-state index is -0.433. The molecule has 0 aliphatic carbocycles. The number of hydrogen-bond donors (Lipinski definition) is 1. The summed E-state index contributed by atoms with van der Waals surface area (Å²) in [7, 11) is 0. The fraction of sp³-hybridized carbons (Fsp3) is 0.455. The summed E-state index contributed by atoms with van der Waals surface area (Å²) in [6.45, 7) is 5.80. The Labute approximate surface area is 112 Å². The Hall–Kier alpha value is -0.840. The van der Waals surface area contributed by atoms with Gasteiger partial charge in [0.25, 0.3) is 5.69 Å². The van der Waals surface area contributed by atoms with E-state index in [0.717, 1.165) is 0 Å². The second-order valence-corrected chi connectivity index (χ2v) is 5.24. The van der Waals surface area contributed by atoms with Crippen LogP contribution in [0.15, 0.2) is 18.2 Å². The second-order valence-electron chi connectivity index (χ2n) is 4.80. The largest absolute Gasteiger partial charge is 0.323 e. The highest BCUT2D eigenvalue weighted by atomic mass is 35.5. The van der Waals surface area contributed by atoms with Crippen molar-refractivity contribution in [1.29, 1.82) is 0 Å². The molecule has 0 aliphatic rings. The first-order chi connectivity index (χ1) is 7.23. The van der Waals surface area contributed by atoms with Crippen LogP contribution in [0.2, 0.25) is 5.02 Å². The highest BCUT2D eigenvalue weighted by Gasteiger charge is 2.28. The van der Waals surface area contributed by atoms with Gasteiger partial charge in [-0.2, -0.15) is 0 Å². The van der Waals surface area contributed by atoms with Crippen LogP contribution in [-0.2, 0) is 0 Å². The van der Waals surface area contributed by atoms with Crippen LogP contribution in [0, 0.1) is 15.5 Å². The van der Waals surface area contributed by atoms with Crippen LogP contribution in [0.25, 0.3) is 0 Å². The van der Waals surface area contributed by atoms with Crippen LogP contribution in [0.1, 0.15) is 32.4 Å². The highest BCUT2D eigenvalue weighted by Crippen LogP contribution is 2.36. The Morgan fingerprint density at radius 3 is 2.35 bits per heavy atom. The first-order valence-corrected chi connectivity index (χ1v) is 5.30. The molecule has 0 bridgehead atoms. The molecule has 1 aromatic rings. The van der Waals surface area contributed by atoms with Gasteiger partial charge < -0.3 is 5.73 Å². The lowest BCUT2D eigenvalue weighted by Gasteiger charge is -2.27. The Morgan fingerprint density at radius 1 is 1.41 bits per heavy atom. The van der Waals surface area contributed by atoms with E-state index in [9.17, 15) is 10.1 Å². The highest BCUT2D eigenvalue weighted by molar-refractivity contribution is 6.30. The molecule has 0 spiro atoms. The van der Waals surface area contributed by atoms with Gasteiger partial charge in [0.2, 0.25) is 0 Å². The van der Waals surface area contributed by atoms with E-state index in [1.807, 2.05) is 20.8 Å². The van der Waals surface area contributed by atoms with Crippen molar-refractivity contribution >= 4 is 29.7 Å². The standard InChI is InChI=1S/C11H15ClN2O2.ClH/c1-11(2,3)10(13)8-6-7(12)4-5-9(8)14(15)16;/h4-6,10H,13H2,1-3H3;1H/t10-;/m1./s1. The zero-order valence-electron chi connectivity index (χ0n) is 9.94. The predicted octanol–water partition coefficient (Wildman–Crippen LogP) is 3.72. The van der Waals surface area contributed by atoms with Gasteiger partial charge in [-0.3, -0.25) is 10.1 Å². The molecule has 96 valence electrons. The molecule has 0 fully saturated rings. The smallest absolute Gasteiger partial charge is 0.274 e. The van der Waals surface area contributed by atoms with E-state index in [0.29, 0.717) is 10.6 Å². The number of nitrogens with two attached hydrogens (primary N) is 1. The maximum absolute atomic E-state index is 10.9. The number of hydrogen-bond acceptors (Lipinski definition) is 3. The topological polar surface area (TPSA) is 69.2 Å². The van der Waals surface area contributed by atoms with Crippen LogP contribution in [0.3, 0.4) is 0 Å². The fourth-order valence-electron chi connectivity index (χ4n) is 1.41. The summed E-state index contributed by atoms with van der Waals surface area (Å²) < 4.78 is 0. The summed E-state index contributed by atoms with van der Waals surface area (Å²) in [5, 5.41) is 11.3. The molecule has 17 heavy (non-hydrogen) atoms. The maximum Gasteiger partial charge on any atom is 0.274 e. The van der Waals surface area contributed by atoms with Crippen molar-refractivity contribution in [2.75, 3.05) is 0 Å². The molecule has 0 radical (unpaired) electrons. The Kier molecular flexibility index (Phi) is 5.39. The third kappa shape index (κ3) is 3.84. The van der Waals surface area contributed by atoms with Gasteiger partial charge >= 0.3 is 0 Å². The summed E-state index contributed by atoms with van der Waals surface area (Å²) in [5.41, 5.74) is 6.26. The number of benzene rings is 1. The normalized spacial score (nSPS) is 12.8. The van der Waals surface area contributed by atoms with Crippen molar-refractivity contribution in [3.63, 3.8) is 0 Å². The zero-order chi connectivity index (χ0) is 12.5. The minimum absolute atomic E-state index is 0. The monoisotopic (exact) mass is 278 g/mol. The summed E-state index contributed by atoms with van der Waals surface area (Å²) in [6, 6.07) is 4.03. The Balaban J connectivity index is 0.00000256. The van der Waals surface area contributed by atoms with Gasteiger partial charge in [0.15, 0.2) is 0 Å². The molecule has 1 atom stereocenters. The average Bonchev–Trinajstić information content (AvgIpc) is 2.14. The molecule has 0 aromatic heterocycles. The SMILES string of the molecule is CC(C)(C)[C@H](N)c1cc(Cl)ccc1[N+](=O)[O-].Cl. The third-order valence-electron chi connectivity index (χ3n) is 2.45. The second kappa shape index (κ2) is 5.67. The molecular weight excluding hydrogens is 263 g/mol. The van der Waals surface area contributed by atoms with E-state index in [4.69, 9.17) is 17.3 Å². The van der Waals surface area contributed by atoms with Crippen LogP contribution < -0.4 is 5.73 Å². The quantitative estimate of drug-likeness (QED) is 0.662. The fourth-order valence-corrected chi connectivity index (χ4v) is 1.59. The van der Waals surface area contributed by atoms with Crippen molar-refractivity contribution in [2.45, 2.75) is 26.8 Å². The van der Waals surface area contributed by atoms with Crippen LogP contribution >= 0.6 is 24.0 Å². The average molecular weight is 279 g/mol. The van der Waals surface area contributed by atoms with Gasteiger partial charge in [0.1, 0.15) is 0 Å². The van der Waals surface area contributed by atoms with Gasteiger partial charge in [-0.25, -0.2) is 0 Å². The van der Waals surface area contributed by atoms with E-state index in [1.54, 1.807) is 6.07 Å². The predicted molar refractivity (Wildman–Crippen MR) is 71.7 cm³/mol. The minimum Gasteiger partial charge on any atom is -0.323 e. The third-order valence-corrected chi connectivity index (χ3v) is 2.69. The Morgan fingerprint density at radius 2 is 1.94 bits per heavy atom. The van der Waals surface area contributed by atoms with Crippen molar-refractivity contribution in [2.24, 2.45) is 11.1 Å². The lowest BCUT2D eigenvalue weighted by molar-refractivity contribution is -0.385. The van der Waals surface area contributed by atoms with E-state index >= 15 is 0 Å². The first-order valence-electron chi connectivity index (χ1n) is 4.93. The Bertz CT molecular complexity index is 416. The number of halogens is 2. The summed E-state index contributed by atoms with van der Waals surface area (Å²) in [6.07, 6.45) is 0. The molecule has 0 aliphatic heterocycles. The van der Waals surface area contributed by atoms with Crippen LogP contribution in [0.5, 0.6) is 0 Å². The van der Waals surface area contributed by atoms with Gasteiger partial charge in [-0.1, -0.05) is 32.4 Å². The van der Waals surface area contributed by atoms with Crippen LogP contribution in [0.4, 0.5) is 5.69 Å². The maximum atomic E-state index is 10.9. The van der Waals surface area contributed by atoms with E-state index < -0.39 is 11.0 Å². The molecule has 0 heterocycles. The summed E-state index contributed by atoms with van der Waals surface area (Å²) >= 11 is 5.84. The number of nitro benzene ring substituents is 1. The number of rotatable bonds is 2. The molecule has 0 saturated heterocycles. The van der Waals surface area contributed by atoms with E-state index in [-0.39, 0.29) is 23.5 Å².